The molecule has 0 bridgehead atoms. The highest BCUT2D eigenvalue weighted by atomic mass is 79.9. The number of methoxy groups -OCH3 is 1. The van der Waals surface area contributed by atoms with E-state index in [1.165, 1.54) is 0 Å². The zero-order valence-electron chi connectivity index (χ0n) is 11.7. The Morgan fingerprint density at radius 2 is 1.80 bits per heavy atom. The molecule has 0 atom stereocenters. The number of hydrogen-bond acceptors (Lipinski definition) is 2. The molecule has 2 aromatic rings. The van der Waals surface area contributed by atoms with Crippen LogP contribution in [0.2, 0.25) is 0 Å². The molecule has 0 aliphatic rings. The van der Waals surface area contributed by atoms with E-state index in [0.29, 0.717) is 12.8 Å². The number of carbonyl (C=O) groups excluding carboxylic acids is 1. The van der Waals surface area contributed by atoms with Crippen molar-refractivity contribution in [3.63, 3.8) is 0 Å². The molecule has 0 spiro atoms. The summed E-state index contributed by atoms with van der Waals surface area (Å²) < 4.78 is 6.26. The highest BCUT2D eigenvalue weighted by Crippen LogP contribution is 2.24. The van der Waals surface area contributed by atoms with Gasteiger partial charge in [-0.15, -0.1) is 0 Å². The average Bonchev–Trinajstić information content (AvgIpc) is 2.41. The van der Waals surface area contributed by atoms with Crippen LogP contribution in [0.3, 0.4) is 0 Å². The van der Waals surface area contributed by atoms with E-state index in [1.807, 2.05) is 49.4 Å². The maximum absolute atomic E-state index is 12.2. The second-order valence-electron chi connectivity index (χ2n) is 4.77. The lowest BCUT2D eigenvalue weighted by atomic mass is 9.99. The van der Waals surface area contributed by atoms with Gasteiger partial charge in [0.15, 0.2) is 0 Å². The second-order valence-corrected chi connectivity index (χ2v) is 5.69. The molecule has 0 radical (unpaired) electrons. The lowest BCUT2D eigenvalue weighted by molar-refractivity contribution is -0.117. The van der Waals surface area contributed by atoms with Crippen molar-refractivity contribution in [3.05, 3.63) is 63.6 Å². The van der Waals surface area contributed by atoms with Crippen LogP contribution in [0.4, 0.5) is 0 Å². The quantitative estimate of drug-likeness (QED) is 0.823. The maximum Gasteiger partial charge on any atom is 0.141 e. The van der Waals surface area contributed by atoms with E-state index in [0.717, 1.165) is 26.9 Å². The molecule has 0 aliphatic carbocycles. The summed E-state index contributed by atoms with van der Waals surface area (Å²) in [6, 6.07) is 13.7. The van der Waals surface area contributed by atoms with Crippen molar-refractivity contribution in [2.24, 2.45) is 0 Å². The van der Waals surface area contributed by atoms with Crippen LogP contribution < -0.4 is 4.74 Å². The molecule has 0 fully saturated rings. The van der Waals surface area contributed by atoms with Crippen LogP contribution in [0.5, 0.6) is 5.75 Å². The first-order valence-corrected chi connectivity index (χ1v) is 7.28. The number of Topliss-reactive ketones (excluding diaryl/α,β-unsaturated/α-hetero) is 1. The molecule has 0 heterocycles. The highest BCUT2D eigenvalue weighted by Gasteiger charge is 2.11. The fourth-order valence-corrected chi connectivity index (χ4v) is 2.59. The van der Waals surface area contributed by atoms with Gasteiger partial charge in [0.25, 0.3) is 0 Å². The summed E-state index contributed by atoms with van der Waals surface area (Å²) in [6.45, 7) is 2.03. The molecule has 0 aliphatic heterocycles. The molecule has 0 unspecified atom stereocenters. The van der Waals surface area contributed by atoms with Crippen LogP contribution in [0.15, 0.2) is 46.9 Å². The number of benzene rings is 2. The van der Waals surface area contributed by atoms with E-state index in [4.69, 9.17) is 4.74 Å². The van der Waals surface area contributed by atoms with Crippen LogP contribution in [-0.4, -0.2) is 12.9 Å². The average molecular weight is 333 g/mol. The van der Waals surface area contributed by atoms with Crippen LogP contribution in [0.25, 0.3) is 0 Å². The van der Waals surface area contributed by atoms with Crippen molar-refractivity contribution < 1.29 is 9.53 Å². The fourth-order valence-electron chi connectivity index (χ4n) is 2.18. The van der Waals surface area contributed by atoms with Gasteiger partial charge in [-0.25, -0.2) is 0 Å². The molecule has 20 heavy (non-hydrogen) atoms. The van der Waals surface area contributed by atoms with E-state index in [1.54, 1.807) is 7.11 Å². The smallest absolute Gasteiger partial charge is 0.141 e. The topological polar surface area (TPSA) is 26.3 Å². The highest BCUT2D eigenvalue weighted by molar-refractivity contribution is 9.10. The predicted octanol–water partition coefficient (Wildman–Crippen LogP) is 4.12. The molecular formula is C17H17BrO2. The van der Waals surface area contributed by atoms with Crippen LogP contribution in [0, 0.1) is 6.92 Å². The summed E-state index contributed by atoms with van der Waals surface area (Å²) in [5.74, 6) is 0.946. The summed E-state index contributed by atoms with van der Waals surface area (Å²) >= 11 is 3.43. The normalized spacial score (nSPS) is 10.3. The molecular weight excluding hydrogens is 316 g/mol. The van der Waals surface area contributed by atoms with Gasteiger partial charge in [-0.1, -0.05) is 40.2 Å². The number of ketones is 1. The summed E-state index contributed by atoms with van der Waals surface area (Å²) in [6.07, 6.45) is 0.847. The first kappa shape index (κ1) is 14.8. The van der Waals surface area contributed by atoms with Gasteiger partial charge < -0.3 is 4.74 Å². The van der Waals surface area contributed by atoms with Crippen molar-refractivity contribution in [1.29, 1.82) is 0 Å². The third kappa shape index (κ3) is 3.70. The van der Waals surface area contributed by atoms with Gasteiger partial charge in [0.2, 0.25) is 0 Å². The molecule has 2 rings (SSSR count). The Hall–Kier alpha value is -1.61. The third-order valence-electron chi connectivity index (χ3n) is 3.28. The molecule has 0 saturated carbocycles. The van der Waals surface area contributed by atoms with Crippen molar-refractivity contribution in [2.75, 3.05) is 7.11 Å². The minimum Gasteiger partial charge on any atom is -0.496 e. The maximum atomic E-state index is 12.2. The molecule has 0 amide bonds. The number of hydrogen-bond donors (Lipinski definition) is 0. The van der Waals surface area contributed by atoms with Crippen molar-refractivity contribution >= 4 is 21.7 Å². The van der Waals surface area contributed by atoms with Crippen LogP contribution in [0.1, 0.15) is 16.7 Å². The van der Waals surface area contributed by atoms with Gasteiger partial charge in [-0.05, 0) is 36.2 Å². The SMILES string of the molecule is COc1ccc(Br)cc1CC(=O)Cc1ccccc1C. The number of ether oxygens (including phenoxy) is 1. The van der Waals surface area contributed by atoms with Crippen molar-refractivity contribution in [1.82, 2.24) is 0 Å². The van der Waals surface area contributed by atoms with E-state index < -0.39 is 0 Å². The lowest BCUT2D eigenvalue weighted by Crippen LogP contribution is -2.08. The Morgan fingerprint density at radius 3 is 2.50 bits per heavy atom. The van der Waals surface area contributed by atoms with Gasteiger partial charge in [0, 0.05) is 22.9 Å². The fraction of sp³-hybridized carbons (Fsp3) is 0.235. The minimum absolute atomic E-state index is 0.190. The van der Waals surface area contributed by atoms with E-state index >= 15 is 0 Å². The van der Waals surface area contributed by atoms with Gasteiger partial charge in [0.1, 0.15) is 11.5 Å². The molecule has 0 aromatic heterocycles. The monoisotopic (exact) mass is 332 g/mol. The zero-order chi connectivity index (χ0) is 14.5. The molecule has 2 aromatic carbocycles. The molecule has 0 saturated heterocycles. The molecule has 2 nitrogen and oxygen atoms in total. The third-order valence-corrected chi connectivity index (χ3v) is 3.77. The number of halogens is 1. The van der Waals surface area contributed by atoms with Crippen LogP contribution in [-0.2, 0) is 17.6 Å². The first-order valence-electron chi connectivity index (χ1n) is 6.49. The van der Waals surface area contributed by atoms with Crippen molar-refractivity contribution in [2.45, 2.75) is 19.8 Å². The summed E-state index contributed by atoms with van der Waals surface area (Å²) in [4.78, 5) is 12.2. The minimum atomic E-state index is 0.190. The van der Waals surface area contributed by atoms with Gasteiger partial charge in [-0.2, -0.15) is 0 Å². The van der Waals surface area contributed by atoms with Crippen molar-refractivity contribution in [3.8, 4) is 5.75 Å². The van der Waals surface area contributed by atoms with Crippen LogP contribution >= 0.6 is 15.9 Å². The predicted molar refractivity (Wildman–Crippen MR) is 84.3 cm³/mol. The number of aryl methyl sites for hydroxylation is 1. The number of rotatable bonds is 5. The van der Waals surface area contributed by atoms with E-state index in [-0.39, 0.29) is 5.78 Å². The van der Waals surface area contributed by atoms with Gasteiger partial charge >= 0.3 is 0 Å². The summed E-state index contributed by atoms with van der Waals surface area (Å²) in [5.41, 5.74) is 3.16. The first-order chi connectivity index (χ1) is 9.60. The Kier molecular flexibility index (Phi) is 4.96. The molecule has 104 valence electrons. The molecule has 3 heteroatoms. The number of carbonyl (C=O) groups is 1. The summed E-state index contributed by atoms with van der Waals surface area (Å²) in [7, 11) is 1.62. The Labute approximate surface area is 127 Å². The van der Waals surface area contributed by atoms with E-state index in [2.05, 4.69) is 15.9 Å². The Morgan fingerprint density at radius 1 is 1.10 bits per heavy atom. The van der Waals surface area contributed by atoms with Gasteiger partial charge in [-0.3, -0.25) is 4.79 Å². The second kappa shape index (κ2) is 6.71. The largest absolute Gasteiger partial charge is 0.496 e. The van der Waals surface area contributed by atoms with E-state index in [9.17, 15) is 4.79 Å². The standard InChI is InChI=1S/C17H17BrO2/c1-12-5-3-4-6-13(12)10-16(19)11-14-9-15(18)7-8-17(14)20-2/h3-9H,10-11H2,1-2H3. The summed E-state index contributed by atoms with van der Waals surface area (Å²) in [5, 5.41) is 0. The molecule has 0 N–H and O–H groups in total. The Balaban J connectivity index is 2.12. The van der Waals surface area contributed by atoms with Gasteiger partial charge in [0.05, 0.1) is 7.11 Å². The Bertz CT molecular complexity index is 620. The zero-order valence-corrected chi connectivity index (χ0v) is 13.2. The lowest BCUT2D eigenvalue weighted by Gasteiger charge is -2.09.